The normalized spacial score (nSPS) is 11.0. The number of halogens is 1. The van der Waals surface area contributed by atoms with Crippen molar-refractivity contribution in [3.63, 3.8) is 0 Å². The number of furan rings is 1. The zero-order valence-electron chi connectivity index (χ0n) is 15.4. The molecule has 0 saturated carbocycles. The zero-order chi connectivity index (χ0) is 18.8. The summed E-state index contributed by atoms with van der Waals surface area (Å²) >= 11 is 0. The Bertz CT molecular complexity index is 961. The number of carbonyl (C=O) groups excluding carboxylic acids is 1. The molecule has 0 aliphatic carbocycles. The second-order valence-corrected chi connectivity index (χ2v) is 6.54. The third-order valence-electron chi connectivity index (χ3n) is 4.75. The lowest BCUT2D eigenvalue weighted by Crippen LogP contribution is -2.27. The van der Waals surface area contributed by atoms with Crippen molar-refractivity contribution in [3.05, 3.63) is 64.7 Å². The highest BCUT2D eigenvalue weighted by atomic mass is 19.1. The van der Waals surface area contributed by atoms with Crippen LogP contribution in [0.4, 0.5) is 4.39 Å². The van der Waals surface area contributed by atoms with Gasteiger partial charge in [0, 0.05) is 24.5 Å². The van der Waals surface area contributed by atoms with Crippen LogP contribution < -0.4 is 4.74 Å². The highest BCUT2D eigenvalue weighted by Crippen LogP contribution is 2.27. The number of carbonyl (C=O) groups is 1. The van der Waals surface area contributed by atoms with Crippen LogP contribution in [0.25, 0.3) is 11.0 Å². The first kappa shape index (κ1) is 18.0. The lowest BCUT2D eigenvalue weighted by atomic mass is 10.0. The quantitative estimate of drug-likeness (QED) is 0.681. The van der Waals surface area contributed by atoms with E-state index in [1.807, 2.05) is 26.0 Å². The molecule has 0 saturated heterocycles. The molecule has 0 aliphatic heterocycles. The molecule has 0 spiro atoms. The van der Waals surface area contributed by atoms with Crippen molar-refractivity contribution in [3.8, 4) is 5.75 Å². The van der Waals surface area contributed by atoms with Gasteiger partial charge in [-0.2, -0.15) is 0 Å². The Kier molecular flexibility index (Phi) is 4.98. The van der Waals surface area contributed by atoms with Gasteiger partial charge in [0.1, 0.15) is 5.58 Å². The molecule has 1 aromatic heterocycles. The molecule has 0 bridgehead atoms. The molecule has 2 aromatic carbocycles. The number of hydrogen-bond donors (Lipinski definition) is 0. The van der Waals surface area contributed by atoms with Gasteiger partial charge in [-0.3, -0.25) is 4.79 Å². The predicted octanol–water partition coefficient (Wildman–Crippen LogP) is 4.40. The summed E-state index contributed by atoms with van der Waals surface area (Å²) in [6.07, 6.45) is 1.89. The van der Waals surface area contributed by atoms with E-state index in [0.29, 0.717) is 12.1 Å². The van der Waals surface area contributed by atoms with Gasteiger partial charge in [-0.25, -0.2) is 4.39 Å². The number of aryl methyl sites for hydroxylation is 2. The topological polar surface area (TPSA) is 42.7 Å². The summed E-state index contributed by atoms with van der Waals surface area (Å²) in [4.78, 5) is 14.2. The molecule has 1 amide bonds. The lowest BCUT2D eigenvalue weighted by molar-refractivity contribution is -0.129. The SMILES string of the molecule is COc1ccc(CN(C)C(=O)Cc2coc3c(C)c(C)ccc23)cc1F. The van der Waals surface area contributed by atoms with Gasteiger partial charge in [-0.15, -0.1) is 0 Å². The molecule has 0 aliphatic rings. The zero-order valence-corrected chi connectivity index (χ0v) is 15.4. The summed E-state index contributed by atoms with van der Waals surface area (Å²) < 4.78 is 24.4. The van der Waals surface area contributed by atoms with Crippen LogP contribution in [0.15, 0.2) is 41.0 Å². The van der Waals surface area contributed by atoms with Gasteiger partial charge in [-0.1, -0.05) is 18.2 Å². The van der Waals surface area contributed by atoms with Crippen molar-refractivity contribution in [2.24, 2.45) is 0 Å². The Balaban J connectivity index is 1.74. The fraction of sp³-hybridized carbons (Fsp3) is 0.286. The number of benzene rings is 2. The van der Waals surface area contributed by atoms with Crippen molar-refractivity contribution >= 4 is 16.9 Å². The number of hydrogen-bond acceptors (Lipinski definition) is 3. The maximum absolute atomic E-state index is 13.8. The highest BCUT2D eigenvalue weighted by molar-refractivity contribution is 5.89. The monoisotopic (exact) mass is 355 g/mol. The average molecular weight is 355 g/mol. The first-order valence-electron chi connectivity index (χ1n) is 8.43. The predicted molar refractivity (Wildman–Crippen MR) is 98.8 cm³/mol. The van der Waals surface area contributed by atoms with E-state index < -0.39 is 5.82 Å². The summed E-state index contributed by atoms with van der Waals surface area (Å²) in [7, 11) is 3.13. The fourth-order valence-electron chi connectivity index (χ4n) is 2.99. The maximum Gasteiger partial charge on any atom is 0.227 e. The number of ether oxygens (including phenoxy) is 1. The molecule has 5 heteroatoms. The standard InChI is InChI=1S/C21H22FNO3/c1-13-5-7-17-16(12-26-21(17)14(13)2)10-20(24)23(3)11-15-6-8-19(25-4)18(22)9-15/h5-9,12H,10-11H2,1-4H3. The second kappa shape index (κ2) is 7.20. The lowest BCUT2D eigenvalue weighted by Gasteiger charge is -2.17. The number of amides is 1. The van der Waals surface area contributed by atoms with Crippen molar-refractivity contribution < 1.29 is 18.3 Å². The number of rotatable bonds is 5. The van der Waals surface area contributed by atoms with E-state index in [-0.39, 0.29) is 18.1 Å². The van der Waals surface area contributed by atoms with Crippen LogP contribution in [0.2, 0.25) is 0 Å². The second-order valence-electron chi connectivity index (χ2n) is 6.54. The minimum absolute atomic E-state index is 0.0536. The molecule has 3 rings (SSSR count). The largest absolute Gasteiger partial charge is 0.494 e. The Hall–Kier alpha value is -2.82. The van der Waals surface area contributed by atoms with Crippen LogP contribution in [0.1, 0.15) is 22.3 Å². The number of methoxy groups -OCH3 is 1. The molecule has 0 unspecified atom stereocenters. The van der Waals surface area contributed by atoms with Crippen LogP contribution in [-0.4, -0.2) is 25.0 Å². The molecular formula is C21H22FNO3. The smallest absolute Gasteiger partial charge is 0.227 e. The van der Waals surface area contributed by atoms with Crippen LogP contribution in [0.5, 0.6) is 5.75 Å². The van der Waals surface area contributed by atoms with Crippen LogP contribution in [0.3, 0.4) is 0 Å². The number of likely N-dealkylation sites (N-methyl/N-ethyl adjacent to an activating group) is 1. The Morgan fingerprint density at radius 1 is 1.23 bits per heavy atom. The van der Waals surface area contributed by atoms with Crippen LogP contribution in [0, 0.1) is 19.7 Å². The molecule has 26 heavy (non-hydrogen) atoms. The summed E-state index contributed by atoms with van der Waals surface area (Å²) in [5.74, 6) is -0.294. The van der Waals surface area contributed by atoms with Gasteiger partial charge in [0.2, 0.25) is 5.91 Å². The van der Waals surface area contributed by atoms with Crippen LogP contribution in [-0.2, 0) is 17.8 Å². The van der Waals surface area contributed by atoms with Crippen molar-refractivity contribution in [1.29, 1.82) is 0 Å². The molecular weight excluding hydrogens is 333 g/mol. The van der Waals surface area contributed by atoms with Crippen molar-refractivity contribution in [1.82, 2.24) is 4.90 Å². The Morgan fingerprint density at radius 3 is 2.69 bits per heavy atom. The van der Waals surface area contributed by atoms with Gasteiger partial charge in [-0.05, 0) is 42.7 Å². The molecule has 0 N–H and O–H groups in total. The number of fused-ring (bicyclic) bond motifs is 1. The minimum atomic E-state index is -0.433. The summed E-state index contributed by atoms with van der Waals surface area (Å²) in [5, 5.41) is 0.963. The molecule has 136 valence electrons. The molecule has 4 nitrogen and oxygen atoms in total. The first-order chi connectivity index (χ1) is 12.4. The van der Waals surface area contributed by atoms with Gasteiger partial charge in [0.05, 0.1) is 19.8 Å². The average Bonchev–Trinajstić information content (AvgIpc) is 3.01. The Morgan fingerprint density at radius 2 is 2.00 bits per heavy atom. The Labute approximate surface area is 152 Å². The van der Waals surface area contributed by atoms with Gasteiger partial charge in [0.15, 0.2) is 11.6 Å². The van der Waals surface area contributed by atoms with E-state index in [2.05, 4.69) is 0 Å². The van der Waals surface area contributed by atoms with E-state index in [9.17, 15) is 9.18 Å². The molecule has 3 aromatic rings. The highest BCUT2D eigenvalue weighted by Gasteiger charge is 2.16. The number of nitrogens with zero attached hydrogens (tertiary/aromatic N) is 1. The summed E-state index contributed by atoms with van der Waals surface area (Å²) in [6.45, 7) is 4.37. The van der Waals surface area contributed by atoms with Crippen LogP contribution >= 0.6 is 0 Å². The fourth-order valence-corrected chi connectivity index (χ4v) is 2.99. The minimum Gasteiger partial charge on any atom is -0.494 e. The van der Waals surface area contributed by atoms with E-state index >= 15 is 0 Å². The summed E-state index contributed by atoms with van der Waals surface area (Å²) in [5.41, 5.74) is 4.64. The molecule has 0 atom stereocenters. The molecule has 1 heterocycles. The third kappa shape index (κ3) is 3.43. The summed E-state index contributed by atoms with van der Waals surface area (Å²) in [6, 6.07) is 8.73. The van der Waals surface area contributed by atoms with E-state index in [4.69, 9.17) is 9.15 Å². The van der Waals surface area contributed by atoms with Gasteiger partial charge in [0.25, 0.3) is 0 Å². The third-order valence-corrected chi connectivity index (χ3v) is 4.75. The van der Waals surface area contributed by atoms with Gasteiger partial charge >= 0.3 is 0 Å². The molecule has 0 radical (unpaired) electrons. The molecule has 0 fully saturated rings. The van der Waals surface area contributed by atoms with Crippen molar-refractivity contribution in [2.75, 3.05) is 14.2 Å². The van der Waals surface area contributed by atoms with E-state index in [0.717, 1.165) is 27.7 Å². The van der Waals surface area contributed by atoms with E-state index in [1.165, 1.54) is 13.2 Å². The van der Waals surface area contributed by atoms with E-state index in [1.54, 1.807) is 30.3 Å². The van der Waals surface area contributed by atoms with Crippen molar-refractivity contribution in [2.45, 2.75) is 26.8 Å². The first-order valence-corrected chi connectivity index (χ1v) is 8.43. The van der Waals surface area contributed by atoms with Gasteiger partial charge < -0.3 is 14.1 Å². The maximum atomic E-state index is 13.8.